The molecule has 0 bridgehead atoms. The smallest absolute Gasteiger partial charge is 0.407 e. The number of carbonyl (C=O) groups excluding carboxylic acids is 1. The van der Waals surface area contributed by atoms with Crippen molar-refractivity contribution in [3.8, 4) is 0 Å². The van der Waals surface area contributed by atoms with Gasteiger partial charge in [0.2, 0.25) is 5.91 Å². The Morgan fingerprint density at radius 3 is 2.48 bits per heavy atom. The largest absolute Gasteiger partial charge is 0.465 e. The zero-order valence-corrected chi connectivity index (χ0v) is 15.9. The molecule has 3 N–H and O–H groups in total. The van der Waals surface area contributed by atoms with E-state index in [-0.39, 0.29) is 18.0 Å². The molecule has 0 unspecified atom stereocenters. The standard InChI is InChI=1S/C20H28N2O5/c1-11(18(27-3)16-10-14-9-15(14)22(16)20(25)26)19(24)21-12(2)17(23)13-7-5-4-6-8-13/h4-8,11-12,14-18,23H,9-10H2,1-3H3,(H,21,24)(H,25,26)/t11-,12-,14+,15+,16+,17-,18-/m1/s1. The summed E-state index contributed by atoms with van der Waals surface area (Å²) in [7, 11) is 1.51. The van der Waals surface area contributed by atoms with Crippen molar-refractivity contribution in [2.75, 3.05) is 7.11 Å². The zero-order chi connectivity index (χ0) is 19.7. The number of carboxylic acid groups (broad SMARTS) is 1. The first kappa shape index (κ1) is 19.6. The van der Waals surface area contributed by atoms with Crippen molar-refractivity contribution in [1.82, 2.24) is 10.2 Å². The van der Waals surface area contributed by atoms with Crippen LogP contribution in [0.4, 0.5) is 4.79 Å². The molecule has 2 amide bonds. The van der Waals surface area contributed by atoms with E-state index in [4.69, 9.17) is 4.74 Å². The van der Waals surface area contributed by atoms with Gasteiger partial charge in [0.25, 0.3) is 0 Å². The van der Waals surface area contributed by atoms with E-state index in [0.29, 0.717) is 5.92 Å². The first-order valence-electron chi connectivity index (χ1n) is 9.42. The first-order valence-corrected chi connectivity index (χ1v) is 9.42. The van der Waals surface area contributed by atoms with Gasteiger partial charge in [0.15, 0.2) is 0 Å². The van der Waals surface area contributed by atoms with E-state index in [2.05, 4.69) is 5.32 Å². The number of benzene rings is 1. The normalized spacial score (nSPS) is 28.0. The summed E-state index contributed by atoms with van der Waals surface area (Å²) in [5, 5.41) is 22.8. The van der Waals surface area contributed by atoms with Crippen molar-refractivity contribution >= 4 is 12.0 Å². The molecule has 0 spiro atoms. The number of ether oxygens (including phenoxy) is 1. The Morgan fingerprint density at radius 2 is 1.89 bits per heavy atom. The minimum atomic E-state index is -0.951. The molecular weight excluding hydrogens is 348 g/mol. The molecule has 1 saturated heterocycles. The Bertz CT molecular complexity index is 682. The van der Waals surface area contributed by atoms with Gasteiger partial charge in [-0.3, -0.25) is 9.69 Å². The summed E-state index contributed by atoms with van der Waals surface area (Å²) >= 11 is 0. The van der Waals surface area contributed by atoms with Gasteiger partial charge >= 0.3 is 6.09 Å². The minimum absolute atomic E-state index is 0.0687. The molecule has 148 valence electrons. The topological polar surface area (TPSA) is 99.1 Å². The molecule has 1 aromatic rings. The second kappa shape index (κ2) is 7.86. The molecular formula is C20H28N2O5. The Kier molecular flexibility index (Phi) is 5.72. The van der Waals surface area contributed by atoms with Gasteiger partial charge in [0.05, 0.1) is 30.2 Å². The third-order valence-corrected chi connectivity index (χ3v) is 5.91. The number of aliphatic hydroxyl groups is 1. The molecule has 3 rings (SSSR count). The third kappa shape index (κ3) is 3.94. The molecule has 2 fully saturated rings. The van der Waals surface area contributed by atoms with Crippen molar-refractivity contribution in [3.05, 3.63) is 35.9 Å². The summed E-state index contributed by atoms with van der Waals surface area (Å²) in [6, 6.07) is 8.43. The highest BCUT2D eigenvalue weighted by atomic mass is 16.5. The molecule has 1 saturated carbocycles. The van der Waals surface area contributed by atoms with Crippen molar-refractivity contribution in [2.45, 2.75) is 57.0 Å². The molecule has 27 heavy (non-hydrogen) atoms. The lowest BCUT2D eigenvalue weighted by Gasteiger charge is -2.34. The van der Waals surface area contributed by atoms with Gasteiger partial charge in [-0.2, -0.15) is 0 Å². The Labute approximate surface area is 159 Å². The van der Waals surface area contributed by atoms with Gasteiger partial charge in [-0.1, -0.05) is 37.3 Å². The quantitative estimate of drug-likeness (QED) is 0.676. The number of carbonyl (C=O) groups is 2. The molecule has 0 aromatic heterocycles. The number of hydrogen-bond acceptors (Lipinski definition) is 4. The first-order chi connectivity index (χ1) is 12.8. The van der Waals surface area contributed by atoms with Gasteiger partial charge in [0.1, 0.15) is 0 Å². The van der Waals surface area contributed by atoms with Crippen LogP contribution in [0.3, 0.4) is 0 Å². The highest BCUT2D eigenvalue weighted by Gasteiger charge is 2.57. The Morgan fingerprint density at radius 1 is 1.22 bits per heavy atom. The van der Waals surface area contributed by atoms with Crippen LogP contribution in [-0.4, -0.2) is 58.5 Å². The van der Waals surface area contributed by atoms with Gasteiger partial charge < -0.3 is 20.3 Å². The monoisotopic (exact) mass is 376 g/mol. The van der Waals surface area contributed by atoms with E-state index < -0.39 is 30.3 Å². The lowest BCUT2D eigenvalue weighted by Crippen LogP contribution is -2.52. The summed E-state index contributed by atoms with van der Waals surface area (Å²) in [6.45, 7) is 3.49. The summed E-state index contributed by atoms with van der Waals surface area (Å²) in [5.41, 5.74) is 0.731. The van der Waals surface area contributed by atoms with Gasteiger partial charge in [-0.25, -0.2) is 4.79 Å². The second-order valence-electron chi connectivity index (χ2n) is 7.70. The SMILES string of the molecule is CO[C@H]([C@@H](C)C(=O)N[C@H](C)[C@@H](O)c1ccccc1)[C@@H]1C[C@@H]2C[C@@H]2N1C(=O)O. The van der Waals surface area contributed by atoms with Crippen LogP contribution in [0.15, 0.2) is 30.3 Å². The molecule has 7 heteroatoms. The number of rotatable bonds is 7. The zero-order valence-electron chi connectivity index (χ0n) is 15.9. The summed E-state index contributed by atoms with van der Waals surface area (Å²) in [5.74, 6) is -0.405. The number of amides is 2. The number of fused-ring (bicyclic) bond motifs is 1. The van der Waals surface area contributed by atoms with Crippen LogP contribution in [0.25, 0.3) is 0 Å². The van der Waals surface area contributed by atoms with Crippen LogP contribution in [0, 0.1) is 11.8 Å². The van der Waals surface area contributed by atoms with Crippen LogP contribution >= 0.6 is 0 Å². The van der Waals surface area contributed by atoms with E-state index >= 15 is 0 Å². The number of nitrogens with one attached hydrogen (secondary N) is 1. The number of nitrogens with zero attached hydrogens (tertiary/aromatic N) is 1. The third-order valence-electron chi connectivity index (χ3n) is 5.91. The molecule has 0 radical (unpaired) electrons. The fourth-order valence-electron chi connectivity index (χ4n) is 4.29. The number of likely N-dealkylation sites (tertiary alicyclic amines) is 1. The fourth-order valence-corrected chi connectivity index (χ4v) is 4.29. The average Bonchev–Trinajstić information content (AvgIpc) is 3.31. The molecule has 7 nitrogen and oxygen atoms in total. The summed E-state index contributed by atoms with van der Waals surface area (Å²) in [6.07, 6.45) is -0.657. The number of aliphatic hydroxyl groups excluding tert-OH is 1. The second-order valence-corrected chi connectivity index (χ2v) is 7.70. The molecule has 1 aliphatic carbocycles. The lowest BCUT2D eigenvalue weighted by molar-refractivity contribution is -0.132. The summed E-state index contributed by atoms with van der Waals surface area (Å²) < 4.78 is 5.56. The molecule has 7 atom stereocenters. The van der Waals surface area contributed by atoms with Gasteiger partial charge in [0, 0.05) is 13.2 Å². The minimum Gasteiger partial charge on any atom is -0.465 e. The highest BCUT2D eigenvalue weighted by molar-refractivity contribution is 5.79. The van der Waals surface area contributed by atoms with Crippen LogP contribution < -0.4 is 5.32 Å². The van der Waals surface area contributed by atoms with Crippen LogP contribution in [0.1, 0.15) is 38.4 Å². The van der Waals surface area contributed by atoms with E-state index in [1.807, 2.05) is 30.3 Å². The van der Waals surface area contributed by atoms with Gasteiger partial charge in [-0.05, 0) is 31.2 Å². The van der Waals surface area contributed by atoms with Crippen molar-refractivity contribution in [3.63, 3.8) is 0 Å². The van der Waals surface area contributed by atoms with Gasteiger partial charge in [-0.15, -0.1) is 0 Å². The van der Waals surface area contributed by atoms with E-state index in [1.165, 1.54) is 12.0 Å². The Balaban J connectivity index is 1.64. The van der Waals surface area contributed by atoms with Crippen molar-refractivity contribution in [1.29, 1.82) is 0 Å². The molecule has 1 aromatic carbocycles. The lowest BCUT2D eigenvalue weighted by atomic mass is 9.93. The van der Waals surface area contributed by atoms with Crippen molar-refractivity contribution < 1.29 is 24.5 Å². The van der Waals surface area contributed by atoms with E-state index in [1.54, 1.807) is 13.8 Å². The average molecular weight is 376 g/mol. The number of piperidine rings is 1. The van der Waals surface area contributed by atoms with E-state index in [0.717, 1.165) is 18.4 Å². The maximum absolute atomic E-state index is 12.7. The molecule has 2 aliphatic rings. The predicted molar refractivity (Wildman–Crippen MR) is 99.1 cm³/mol. The molecule has 1 aliphatic heterocycles. The maximum Gasteiger partial charge on any atom is 0.407 e. The highest BCUT2D eigenvalue weighted by Crippen LogP contribution is 2.49. The Hall–Kier alpha value is -2.12. The van der Waals surface area contributed by atoms with Crippen LogP contribution in [-0.2, 0) is 9.53 Å². The summed E-state index contributed by atoms with van der Waals surface area (Å²) in [4.78, 5) is 25.8. The van der Waals surface area contributed by atoms with Crippen molar-refractivity contribution in [2.24, 2.45) is 11.8 Å². The van der Waals surface area contributed by atoms with E-state index in [9.17, 15) is 19.8 Å². The number of hydrogen-bond donors (Lipinski definition) is 3. The number of methoxy groups -OCH3 is 1. The van der Waals surface area contributed by atoms with Crippen LogP contribution in [0.5, 0.6) is 0 Å². The maximum atomic E-state index is 12.7. The molecule has 1 heterocycles. The predicted octanol–water partition coefficient (Wildman–Crippen LogP) is 2.02. The fraction of sp³-hybridized carbons (Fsp3) is 0.600. The van der Waals surface area contributed by atoms with Crippen LogP contribution in [0.2, 0.25) is 0 Å².